The smallest absolute Gasteiger partial charge is 0.305 e. The molecule has 0 radical (unpaired) electrons. The molecule has 0 aliphatic carbocycles. The van der Waals surface area contributed by atoms with Crippen molar-refractivity contribution in [3.05, 3.63) is 23.8 Å². The van der Waals surface area contributed by atoms with Crippen LogP contribution in [0.15, 0.2) is 18.2 Å². The molecule has 0 saturated heterocycles. The Kier molecular flexibility index (Phi) is 5.16. The van der Waals surface area contributed by atoms with Crippen molar-refractivity contribution in [2.45, 2.75) is 25.8 Å². The lowest BCUT2D eigenvalue weighted by molar-refractivity contribution is -0.140. The summed E-state index contributed by atoms with van der Waals surface area (Å²) >= 11 is 0. The average molecular weight is 292 g/mol. The number of rotatable bonds is 6. The first-order chi connectivity index (χ1) is 10.1. The summed E-state index contributed by atoms with van der Waals surface area (Å²) in [5.41, 5.74) is 1.75. The van der Waals surface area contributed by atoms with Gasteiger partial charge >= 0.3 is 5.97 Å². The Balaban J connectivity index is 1.88. The van der Waals surface area contributed by atoms with Gasteiger partial charge in [-0.05, 0) is 37.6 Å². The lowest BCUT2D eigenvalue weighted by atomic mass is 10.1. The van der Waals surface area contributed by atoms with Crippen molar-refractivity contribution in [3.8, 4) is 5.75 Å². The van der Waals surface area contributed by atoms with Gasteiger partial charge in [0.05, 0.1) is 12.8 Å². The van der Waals surface area contributed by atoms with E-state index in [4.69, 9.17) is 4.74 Å². The number of amides is 1. The normalized spacial score (nSPS) is 14.7. The van der Waals surface area contributed by atoms with Crippen LogP contribution in [0.3, 0.4) is 0 Å². The van der Waals surface area contributed by atoms with Crippen molar-refractivity contribution in [2.75, 3.05) is 25.6 Å². The van der Waals surface area contributed by atoms with Gasteiger partial charge in [-0.15, -0.1) is 0 Å². The summed E-state index contributed by atoms with van der Waals surface area (Å²) in [6.07, 6.45) is 1.13. The minimum Gasteiger partial charge on any atom is -0.482 e. The third kappa shape index (κ3) is 4.19. The molecule has 1 aliphatic rings. The number of hydrogen-bond acceptors (Lipinski definition) is 5. The summed E-state index contributed by atoms with van der Waals surface area (Å²) in [7, 11) is 1.39. The zero-order chi connectivity index (χ0) is 15.2. The number of anilines is 1. The summed E-state index contributed by atoms with van der Waals surface area (Å²) in [5, 5.41) is 6.13. The van der Waals surface area contributed by atoms with E-state index in [0.29, 0.717) is 17.9 Å². The second kappa shape index (κ2) is 7.08. The lowest BCUT2D eigenvalue weighted by Crippen LogP contribution is -2.26. The Morgan fingerprint density at radius 3 is 3.10 bits per heavy atom. The van der Waals surface area contributed by atoms with Gasteiger partial charge in [-0.2, -0.15) is 0 Å². The standard InChI is InChI=1S/C15H20N2O4/c1-10(16-7-3-4-15(19)20-2)11-5-6-13-12(8-11)17-14(18)9-21-13/h5-6,8,10,16H,3-4,7,9H2,1-2H3,(H,17,18). The molecule has 1 unspecified atom stereocenters. The molecular weight excluding hydrogens is 272 g/mol. The minimum absolute atomic E-state index is 0.0632. The first-order valence-electron chi connectivity index (χ1n) is 6.97. The fourth-order valence-corrected chi connectivity index (χ4v) is 2.14. The molecule has 6 nitrogen and oxygen atoms in total. The van der Waals surface area contributed by atoms with Crippen molar-refractivity contribution in [1.82, 2.24) is 5.32 Å². The van der Waals surface area contributed by atoms with Crippen LogP contribution >= 0.6 is 0 Å². The quantitative estimate of drug-likeness (QED) is 0.615. The molecule has 2 rings (SSSR count). The highest BCUT2D eigenvalue weighted by Gasteiger charge is 2.17. The number of hydrogen-bond donors (Lipinski definition) is 2. The van der Waals surface area contributed by atoms with Crippen LogP contribution < -0.4 is 15.4 Å². The Hall–Kier alpha value is -2.08. The van der Waals surface area contributed by atoms with Crippen LogP contribution in [0.4, 0.5) is 5.69 Å². The second-order valence-electron chi connectivity index (χ2n) is 4.95. The summed E-state index contributed by atoms with van der Waals surface area (Å²) in [6.45, 7) is 2.81. The third-order valence-corrected chi connectivity index (χ3v) is 3.37. The zero-order valence-electron chi connectivity index (χ0n) is 12.3. The molecule has 1 amide bonds. The Morgan fingerprint density at radius 1 is 1.52 bits per heavy atom. The van der Waals surface area contributed by atoms with Gasteiger partial charge in [0.15, 0.2) is 6.61 Å². The molecule has 2 N–H and O–H groups in total. The number of esters is 1. The van der Waals surface area contributed by atoms with Gasteiger partial charge in [0.25, 0.3) is 5.91 Å². The highest BCUT2D eigenvalue weighted by atomic mass is 16.5. The molecule has 0 fully saturated rings. The van der Waals surface area contributed by atoms with Gasteiger partial charge < -0.3 is 20.1 Å². The number of carbonyl (C=O) groups is 2. The van der Waals surface area contributed by atoms with Crippen molar-refractivity contribution >= 4 is 17.6 Å². The van der Waals surface area contributed by atoms with Crippen LogP contribution in [0.5, 0.6) is 5.75 Å². The van der Waals surface area contributed by atoms with E-state index >= 15 is 0 Å². The first-order valence-corrected chi connectivity index (χ1v) is 6.97. The van der Waals surface area contributed by atoms with Crippen LogP contribution in [-0.2, 0) is 14.3 Å². The summed E-state index contributed by atoms with van der Waals surface area (Å²) in [5.74, 6) is 0.354. The Bertz CT molecular complexity index is 530. The second-order valence-corrected chi connectivity index (χ2v) is 4.95. The van der Waals surface area contributed by atoms with Crippen LogP contribution in [-0.4, -0.2) is 32.1 Å². The number of methoxy groups -OCH3 is 1. The molecular formula is C15H20N2O4. The molecule has 0 saturated carbocycles. The zero-order valence-corrected chi connectivity index (χ0v) is 12.3. The van der Waals surface area contributed by atoms with Crippen LogP contribution in [0.2, 0.25) is 0 Å². The van der Waals surface area contributed by atoms with E-state index in [9.17, 15) is 9.59 Å². The number of ether oxygens (including phenoxy) is 2. The van der Waals surface area contributed by atoms with Gasteiger partial charge in [-0.25, -0.2) is 0 Å². The molecule has 0 aromatic heterocycles. The largest absolute Gasteiger partial charge is 0.482 e. The van der Waals surface area contributed by atoms with Gasteiger partial charge in [0.2, 0.25) is 0 Å². The van der Waals surface area contributed by atoms with Crippen molar-refractivity contribution in [2.24, 2.45) is 0 Å². The molecule has 1 aromatic carbocycles. The fraction of sp³-hybridized carbons (Fsp3) is 0.467. The van der Waals surface area contributed by atoms with Gasteiger partial charge in [0, 0.05) is 12.5 Å². The van der Waals surface area contributed by atoms with Crippen LogP contribution in [0.1, 0.15) is 31.4 Å². The van der Waals surface area contributed by atoms with Crippen LogP contribution in [0.25, 0.3) is 0 Å². The van der Waals surface area contributed by atoms with E-state index in [0.717, 1.165) is 18.5 Å². The minimum atomic E-state index is -0.196. The van der Waals surface area contributed by atoms with E-state index in [2.05, 4.69) is 15.4 Å². The Labute approximate surface area is 123 Å². The maximum atomic E-state index is 11.3. The van der Waals surface area contributed by atoms with E-state index in [1.807, 2.05) is 25.1 Å². The highest BCUT2D eigenvalue weighted by Crippen LogP contribution is 2.30. The third-order valence-electron chi connectivity index (χ3n) is 3.37. The maximum Gasteiger partial charge on any atom is 0.305 e. The number of nitrogens with one attached hydrogen (secondary N) is 2. The molecule has 1 heterocycles. The van der Waals surface area contributed by atoms with Gasteiger partial charge in [0.1, 0.15) is 5.75 Å². The van der Waals surface area contributed by atoms with E-state index in [1.54, 1.807) is 0 Å². The average Bonchev–Trinajstić information content (AvgIpc) is 2.50. The molecule has 114 valence electrons. The fourth-order valence-electron chi connectivity index (χ4n) is 2.14. The molecule has 0 spiro atoms. The Morgan fingerprint density at radius 2 is 2.33 bits per heavy atom. The molecule has 1 aliphatic heterocycles. The molecule has 1 atom stereocenters. The topological polar surface area (TPSA) is 76.7 Å². The first kappa shape index (κ1) is 15.3. The number of carbonyl (C=O) groups excluding carboxylic acids is 2. The van der Waals surface area contributed by atoms with Gasteiger partial charge in [-0.3, -0.25) is 9.59 Å². The monoisotopic (exact) mass is 292 g/mol. The molecule has 0 bridgehead atoms. The summed E-state index contributed by atoms with van der Waals surface area (Å²) in [4.78, 5) is 22.3. The van der Waals surface area contributed by atoms with Crippen molar-refractivity contribution in [3.63, 3.8) is 0 Å². The maximum absolute atomic E-state index is 11.3. The molecule has 21 heavy (non-hydrogen) atoms. The van der Waals surface area contributed by atoms with Gasteiger partial charge in [-0.1, -0.05) is 6.07 Å². The summed E-state index contributed by atoms with van der Waals surface area (Å²) in [6, 6.07) is 5.85. The van der Waals surface area contributed by atoms with E-state index < -0.39 is 0 Å². The van der Waals surface area contributed by atoms with E-state index in [1.165, 1.54) is 7.11 Å². The predicted octanol–water partition coefficient (Wildman–Crippen LogP) is 1.62. The van der Waals surface area contributed by atoms with Crippen LogP contribution in [0, 0.1) is 0 Å². The van der Waals surface area contributed by atoms with Crippen molar-refractivity contribution < 1.29 is 19.1 Å². The van der Waals surface area contributed by atoms with Crippen molar-refractivity contribution in [1.29, 1.82) is 0 Å². The molecule has 6 heteroatoms. The number of fused-ring (bicyclic) bond motifs is 1. The van der Waals surface area contributed by atoms with E-state index in [-0.39, 0.29) is 24.5 Å². The lowest BCUT2D eigenvalue weighted by Gasteiger charge is -2.21. The number of benzene rings is 1. The predicted molar refractivity (Wildman–Crippen MR) is 78.2 cm³/mol. The summed E-state index contributed by atoms with van der Waals surface area (Å²) < 4.78 is 9.92. The SMILES string of the molecule is COC(=O)CCCNC(C)c1ccc2c(c1)NC(=O)CO2. The molecule has 1 aromatic rings. The highest BCUT2D eigenvalue weighted by molar-refractivity contribution is 5.95.